The molecule has 1 rings (SSSR count). The number of amides is 1. The largest absolute Gasteiger partial charge is 0.467 e. The Labute approximate surface area is 124 Å². The van der Waals surface area contributed by atoms with Gasteiger partial charge >= 0.3 is 11.9 Å². The molecule has 0 aromatic carbocycles. The van der Waals surface area contributed by atoms with Crippen molar-refractivity contribution in [3.05, 3.63) is 0 Å². The molecule has 1 heterocycles. The summed E-state index contributed by atoms with van der Waals surface area (Å²) in [5.41, 5.74) is -0.656. The highest BCUT2D eigenvalue weighted by Crippen LogP contribution is 2.13. The van der Waals surface area contributed by atoms with E-state index in [2.05, 4.69) is 10.1 Å². The molecule has 0 spiro atoms. The molecule has 0 aromatic rings. The molecule has 1 fully saturated rings. The molecule has 21 heavy (non-hydrogen) atoms. The van der Waals surface area contributed by atoms with Gasteiger partial charge in [-0.05, 0) is 33.6 Å². The molecule has 7 heteroatoms. The second-order valence-electron chi connectivity index (χ2n) is 5.88. The van der Waals surface area contributed by atoms with Crippen molar-refractivity contribution in [2.75, 3.05) is 13.7 Å². The fourth-order valence-electron chi connectivity index (χ4n) is 1.93. The van der Waals surface area contributed by atoms with E-state index >= 15 is 0 Å². The number of carbonyl (C=O) groups is 3. The van der Waals surface area contributed by atoms with Gasteiger partial charge in [0.2, 0.25) is 5.91 Å². The summed E-state index contributed by atoms with van der Waals surface area (Å²) in [6.45, 7) is 5.70. The lowest BCUT2D eigenvalue weighted by molar-refractivity contribution is -0.159. The Bertz CT molecular complexity index is 395. The smallest absolute Gasteiger partial charge is 0.328 e. The number of rotatable bonds is 5. The number of hydrogen-bond acceptors (Lipinski definition) is 6. The number of ether oxygens (including phenoxy) is 3. The minimum atomic E-state index is -1.07. The Kier molecular flexibility index (Phi) is 6.14. The Balaban J connectivity index is 2.61. The number of carbonyl (C=O) groups excluding carboxylic acids is 3. The van der Waals surface area contributed by atoms with E-state index in [9.17, 15) is 14.4 Å². The lowest BCUT2D eigenvalue weighted by Gasteiger charge is -2.22. The summed E-state index contributed by atoms with van der Waals surface area (Å²) < 4.78 is 15.0. The highest BCUT2D eigenvalue weighted by atomic mass is 16.6. The summed E-state index contributed by atoms with van der Waals surface area (Å²) in [4.78, 5) is 35.4. The molecule has 1 aliphatic heterocycles. The van der Waals surface area contributed by atoms with Crippen LogP contribution in [-0.4, -0.2) is 49.3 Å². The van der Waals surface area contributed by atoms with Gasteiger partial charge in [0.1, 0.15) is 17.7 Å². The van der Waals surface area contributed by atoms with Crippen LogP contribution in [0.4, 0.5) is 0 Å². The molecule has 1 amide bonds. The predicted octanol–water partition coefficient (Wildman–Crippen LogP) is 0.555. The molecule has 0 bridgehead atoms. The van der Waals surface area contributed by atoms with Gasteiger partial charge in [0.05, 0.1) is 13.5 Å². The average Bonchev–Trinajstić information content (AvgIpc) is 2.88. The standard InChI is InChI=1S/C14H23NO6/c1-14(2,3)21-11(16)8-9(13(18)19-4)15-12(17)10-6-5-7-20-10/h9-10H,5-8H2,1-4H3,(H,15,17)/t9-,10-/m1/s1. The molecular weight excluding hydrogens is 278 g/mol. The van der Waals surface area contributed by atoms with E-state index in [-0.39, 0.29) is 6.42 Å². The van der Waals surface area contributed by atoms with Crippen LogP contribution < -0.4 is 5.32 Å². The number of nitrogens with one attached hydrogen (secondary N) is 1. The van der Waals surface area contributed by atoms with Crippen LogP contribution in [-0.2, 0) is 28.6 Å². The highest BCUT2D eigenvalue weighted by molar-refractivity contribution is 5.89. The number of esters is 2. The summed E-state index contributed by atoms with van der Waals surface area (Å²) >= 11 is 0. The van der Waals surface area contributed by atoms with Crippen molar-refractivity contribution >= 4 is 17.8 Å². The van der Waals surface area contributed by atoms with Crippen LogP contribution in [0.2, 0.25) is 0 Å². The zero-order chi connectivity index (χ0) is 16.0. The van der Waals surface area contributed by atoms with Crippen LogP contribution in [0.3, 0.4) is 0 Å². The van der Waals surface area contributed by atoms with E-state index in [4.69, 9.17) is 9.47 Å². The molecule has 1 saturated heterocycles. The van der Waals surface area contributed by atoms with Gasteiger partial charge in [0.15, 0.2) is 0 Å². The van der Waals surface area contributed by atoms with Crippen molar-refractivity contribution in [1.82, 2.24) is 5.32 Å². The zero-order valence-corrected chi connectivity index (χ0v) is 12.9. The molecule has 1 N–H and O–H groups in total. The van der Waals surface area contributed by atoms with Gasteiger partial charge in [-0.1, -0.05) is 0 Å². The van der Waals surface area contributed by atoms with Crippen LogP contribution >= 0.6 is 0 Å². The molecule has 120 valence electrons. The third kappa shape index (κ3) is 6.12. The van der Waals surface area contributed by atoms with Gasteiger partial charge < -0.3 is 19.5 Å². The molecule has 1 aliphatic rings. The number of methoxy groups -OCH3 is 1. The lowest BCUT2D eigenvalue weighted by atomic mass is 10.1. The van der Waals surface area contributed by atoms with Gasteiger partial charge in [0.25, 0.3) is 0 Å². The SMILES string of the molecule is COC(=O)[C@@H](CC(=O)OC(C)(C)C)NC(=O)[C@H]1CCCO1. The highest BCUT2D eigenvalue weighted by Gasteiger charge is 2.31. The van der Waals surface area contributed by atoms with Gasteiger partial charge in [-0.25, -0.2) is 4.79 Å². The maximum absolute atomic E-state index is 11.9. The van der Waals surface area contributed by atoms with E-state index in [1.807, 2.05) is 0 Å². The van der Waals surface area contributed by atoms with E-state index in [1.54, 1.807) is 20.8 Å². The minimum absolute atomic E-state index is 0.275. The Morgan fingerprint density at radius 2 is 2.00 bits per heavy atom. The fraction of sp³-hybridized carbons (Fsp3) is 0.786. The second kappa shape index (κ2) is 7.40. The molecule has 0 aromatic heterocycles. The van der Waals surface area contributed by atoms with E-state index in [1.165, 1.54) is 7.11 Å². The maximum Gasteiger partial charge on any atom is 0.328 e. The Hall–Kier alpha value is -1.63. The molecule has 2 atom stereocenters. The minimum Gasteiger partial charge on any atom is -0.467 e. The molecule has 0 aliphatic carbocycles. The monoisotopic (exact) mass is 301 g/mol. The Morgan fingerprint density at radius 1 is 1.33 bits per heavy atom. The molecule has 0 saturated carbocycles. The van der Waals surface area contributed by atoms with Crippen molar-refractivity contribution in [2.45, 2.75) is 57.8 Å². The summed E-state index contributed by atoms with van der Waals surface area (Å²) in [6.07, 6.45) is 0.553. The maximum atomic E-state index is 11.9. The summed E-state index contributed by atoms with van der Waals surface area (Å²) in [7, 11) is 1.20. The van der Waals surface area contributed by atoms with Crippen molar-refractivity contribution in [2.24, 2.45) is 0 Å². The van der Waals surface area contributed by atoms with Crippen LogP contribution in [0.5, 0.6) is 0 Å². The van der Waals surface area contributed by atoms with Gasteiger partial charge in [-0.15, -0.1) is 0 Å². The predicted molar refractivity (Wildman–Crippen MR) is 73.4 cm³/mol. The van der Waals surface area contributed by atoms with Crippen molar-refractivity contribution in [1.29, 1.82) is 0 Å². The van der Waals surface area contributed by atoms with Crippen LogP contribution in [0.25, 0.3) is 0 Å². The third-order valence-electron chi connectivity index (χ3n) is 2.82. The normalized spacial score (nSPS) is 19.7. The molecule has 0 unspecified atom stereocenters. The lowest BCUT2D eigenvalue weighted by Crippen LogP contribution is -2.47. The molecule has 7 nitrogen and oxygen atoms in total. The van der Waals surface area contributed by atoms with Crippen molar-refractivity contribution in [3.8, 4) is 0 Å². The van der Waals surface area contributed by atoms with Crippen LogP contribution in [0.15, 0.2) is 0 Å². The van der Waals surface area contributed by atoms with Crippen molar-refractivity contribution in [3.63, 3.8) is 0 Å². The first-order valence-corrected chi connectivity index (χ1v) is 6.94. The average molecular weight is 301 g/mol. The van der Waals surface area contributed by atoms with Crippen molar-refractivity contribution < 1.29 is 28.6 Å². The van der Waals surface area contributed by atoms with Gasteiger partial charge in [-0.2, -0.15) is 0 Å². The van der Waals surface area contributed by atoms with E-state index in [0.29, 0.717) is 13.0 Å². The van der Waals surface area contributed by atoms with Gasteiger partial charge in [-0.3, -0.25) is 9.59 Å². The first kappa shape index (κ1) is 17.4. The fourth-order valence-corrected chi connectivity index (χ4v) is 1.93. The summed E-state index contributed by atoms with van der Waals surface area (Å²) in [5, 5.41) is 2.49. The zero-order valence-electron chi connectivity index (χ0n) is 12.9. The first-order chi connectivity index (χ1) is 9.73. The topological polar surface area (TPSA) is 90.9 Å². The summed E-state index contributed by atoms with van der Waals surface area (Å²) in [6, 6.07) is -1.07. The van der Waals surface area contributed by atoms with E-state index in [0.717, 1.165) is 6.42 Å². The van der Waals surface area contributed by atoms with Gasteiger partial charge in [0, 0.05) is 6.61 Å². The second-order valence-corrected chi connectivity index (χ2v) is 5.88. The molecule has 0 radical (unpaired) electrons. The summed E-state index contributed by atoms with van der Waals surface area (Å²) in [5.74, 6) is -1.68. The van der Waals surface area contributed by atoms with E-state index < -0.39 is 35.6 Å². The first-order valence-electron chi connectivity index (χ1n) is 6.94. The quantitative estimate of drug-likeness (QED) is 0.746. The third-order valence-corrected chi connectivity index (χ3v) is 2.82. The number of hydrogen-bond donors (Lipinski definition) is 1. The van der Waals surface area contributed by atoms with Crippen LogP contribution in [0, 0.1) is 0 Å². The van der Waals surface area contributed by atoms with Crippen LogP contribution in [0.1, 0.15) is 40.0 Å². The Morgan fingerprint density at radius 3 is 2.48 bits per heavy atom. The molecular formula is C14H23NO6.